The van der Waals surface area contributed by atoms with Gasteiger partial charge < -0.3 is 24.6 Å². The van der Waals surface area contributed by atoms with Crippen molar-refractivity contribution < 1.29 is 23.9 Å². The van der Waals surface area contributed by atoms with Gasteiger partial charge in [-0.1, -0.05) is 15.9 Å². The molecule has 10 heteroatoms. The molecule has 0 radical (unpaired) electrons. The normalized spacial score (nSPS) is 16.8. The lowest BCUT2D eigenvalue weighted by molar-refractivity contribution is -0.0153. The van der Waals surface area contributed by atoms with Crippen LogP contribution in [-0.2, 0) is 9.47 Å². The molecule has 196 valence electrons. The maximum absolute atomic E-state index is 13.1. The van der Waals surface area contributed by atoms with Crippen molar-refractivity contribution in [2.75, 3.05) is 46.8 Å². The van der Waals surface area contributed by atoms with Crippen molar-refractivity contribution >= 4 is 34.0 Å². The fourth-order valence-electron chi connectivity index (χ4n) is 3.52. The summed E-state index contributed by atoms with van der Waals surface area (Å²) in [4.78, 5) is 43.9. The van der Waals surface area contributed by atoms with E-state index in [-0.39, 0.29) is 19.0 Å². The first kappa shape index (κ1) is 28.9. The van der Waals surface area contributed by atoms with Crippen LogP contribution in [0.5, 0.6) is 0 Å². The second kappa shape index (κ2) is 11.6. The van der Waals surface area contributed by atoms with Crippen LogP contribution in [0.3, 0.4) is 0 Å². The van der Waals surface area contributed by atoms with E-state index in [2.05, 4.69) is 21.2 Å². The summed E-state index contributed by atoms with van der Waals surface area (Å²) >= 11 is 3.58. The van der Waals surface area contributed by atoms with Gasteiger partial charge in [-0.05, 0) is 79.4 Å². The second-order valence-corrected chi connectivity index (χ2v) is 11.8. The highest BCUT2D eigenvalue weighted by Gasteiger charge is 2.38. The average Bonchev–Trinajstić information content (AvgIpc) is 2.70. The maximum atomic E-state index is 13.1. The molecular weight excluding hydrogens is 516 g/mol. The lowest BCUT2D eigenvalue weighted by Gasteiger charge is -2.42. The first-order valence-corrected chi connectivity index (χ1v) is 12.6. The zero-order chi connectivity index (χ0) is 26.6. The summed E-state index contributed by atoms with van der Waals surface area (Å²) in [5.74, 6) is -0.204. The zero-order valence-corrected chi connectivity index (χ0v) is 23.7. The van der Waals surface area contributed by atoms with E-state index >= 15 is 0 Å². The van der Waals surface area contributed by atoms with Crippen LogP contribution in [0.2, 0.25) is 0 Å². The number of amides is 3. The smallest absolute Gasteiger partial charge is 0.410 e. The number of nitrogens with zero attached hydrogens (tertiary/aromatic N) is 3. The lowest BCUT2D eigenvalue weighted by Crippen LogP contribution is -2.54. The fourth-order valence-corrected chi connectivity index (χ4v) is 4.03. The molecule has 1 N–H and O–H groups in total. The van der Waals surface area contributed by atoms with Crippen LogP contribution in [0.1, 0.15) is 63.5 Å². The Labute approximate surface area is 217 Å². The Morgan fingerprint density at radius 2 is 1.63 bits per heavy atom. The van der Waals surface area contributed by atoms with Gasteiger partial charge in [0.1, 0.15) is 11.2 Å². The molecule has 1 unspecified atom stereocenters. The Morgan fingerprint density at radius 1 is 1.03 bits per heavy atom. The third-order valence-corrected chi connectivity index (χ3v) is 5.84. The number of carbonyl (C=O) groups is 3. The van der Waals surface area contributed by atoms with Gasteiger partial charge in [0.25, 0.3) is 5.91 Å². The summed E-state index contributed by atoms with van der Waals surface area (Å²) in [5.41, 5.74) is -0.125. The molecule has 1 aliphatic rings. The highest BCUT2D eigenvalue weighted by molar-refractivity contribution is 9.10. The minimum atomic E-state index is -0.671. The predicted molar refractivity (Wildman–Crippen MR) is 139 cm³/mol. The van der Waals surface area contributed by atoms with Gasteiger partial charge in [0.15, 0.2) is 0 Å². The molecule has 1 atom stereocenters. The molecule has 1 saturated heterocycles. The molecule has 9 nitrogen and oxygen atoms in total. The third kappa shape index (κ3) is 9.00. The third-order valence-electron chi connectivity index (χ3n) is 5.12. The Balaban J connectivity index is 2.37. The molecule has 3 amide bonds. The van der Waals surface area contributed by atoms with Crippen molar-refractivity contribution in [2.24, 2.45) is 0 Å². The molecule has 1 aromatic carbocycles. The number of halogens is 1. The first-order valence-electron chi connectivity index (χ1n) is 11.8. The van der Waals surface area contributed by atoms with Crippen molar-refractivity contribution in [3.63, 3.8) is 0 Å². The van der Waals surface area contributed by atoms with E-state index in [9.17, 15) is 14.4 Å². The molecule has 0 spiro atoms. The number of hydrogen-bond donors (Lipinski definition) is 1. The van der Waals surface area contributed by atoms with Crippen LogP contribution in [0.15, 0.2) is 22.7 Å². The van der Waals surface area contributed by atoms with Crippen molar-refractivity contribution in [3.8, 4) is 0 Å². The topological polar surface area (TPSA) is 91.4 Å². The standard InChI is InChI=1S/C25H39BrN4O5/c1-24(2,3)34-22(32)29-13-14-30(23(33)35-25(4,5)6)20(16-29)18-15-17(9-10-19(18)26)21(31)27-11-12-28(7)8/h9-10,15,20H,11-14,16H2,1-8H3,(H,27,31). The minimum Gasteiger partial charge on any atom is -0.444 e. The van der Waals surface area contributed by atoms with Crippen LogP contribution in [0, 0.1) is 0 Å². The zero-order valence-electron chi connectivity index (χ0n) is 22.1. The molecule has 35 heavy (non-hydrogen) atoms. The number of carbonyl (C=O) groups excluding carboxylic acids is 3. The highest BCUT2D eigenvalue weighted by Crippen LogP contribution is 2.33. The van der Waals surface area contributed by atoms with E-state index < -0.39 is 29.4 Å². The SMILES string of the molecule is CN(C)CCNC(=O)c1ccc(Br)c(C2CN(C(=O)OC(C)(C)C)CCN2C(=O)OC(C)(C)C)c1. The molecule has 1 aromatic rings. The van der Waals surface area contributed by atoms with Crippen LogP contribution in [0.25, 0.3) is 0 Å². The van der Waals surface area contributed by atoms with Crippen molar-refractivity contribution in [1.82, 2.24) is 20.0 Å². The van der Waals surface area contributed by atoms with Gasteiger partial charge in [0, 0.05) is 42.8 Å². The summed E-state index contributed by atoms with van der Waals surface area (Å²) in [7, 11) is 3.88. The van der Waals surface area contributed by atoms with Gasteiger partial charge in [-0.15, -0.1) is 0 Å². The van der Waals surface area contributed by atoms with E-state index in [1.807, 2.05) is 60.5 Å². The van der Waals surface area contributed by atoms with E-state index in [1.54, 1.807) is 28.0 Å². The number of likely N-dealkylation sites (N-methyl/N-ethyl adjacent to an activating group) is 1. The molecule has 0 bridgehead atoms. The van der Waals surface area contributed by atoms with Crippen LogP contribution in [0.4, 0.5) is 9.59 Å². The van der Waals surface area contributed by atoms with Gasteiger partial charge in [0.05, 0.1) is 6.04 Å². The van der Waals surface area contributed by atoms with Gasteiger partial charge in [-0.25, -0.2) is 9.59 Å². The number of ether oxygens (including phenoxy) is 2. The van der Waals surface area contributed by atoms with Crippen LogP contribution >= 0.6 is 15.9 Å². The second-order valence-electron chi connectivity index (χ2n) is 10.9. The molecule has 2 rings (SSSR count). The predicted octanol–water partition coefficient (Wildman–Crippen LogP) is 4.27. The molecule has 1 aliphatic heterocycles. The monoisotopic (exact) mass is 554 g/mol. The molecule has 1 fully saturated rings. The Kier molecular flexibility index (Phi) is 9.58. The summed E-state index contributed by atoms with van der Waals surface area (Å²) in [6.45, 7) is 12.9. The molecule has 0 aliphatic carbocycles. The number of hydrogen-bond acceptors (Lipinski definition) is 6. The van der Waals surface area contributed by atoms with Crippen molar-refractivity contribution in [1.29, 1.82) is 0 Å². The summed E-state index contributed by atoms with van der Waals surface area (Å²) < 4.78 is 11.9. The lowest BCUT2D eigenvalue weighted by atomic mass is 10.00. The molecule has 0 saturated carbocycles. The number of rotatable bonds is 5. The Bertz CT molecular complexity index is 923. The van der Waals surface area contributed by atoms with Crippen LogP contribution < -0.4 is 5.32 Å². The van der Waals surface area contributed by atoms with E-state index in [1.165, 1.54) is 0 Å². The number of benzene rings is 1. The van der Waals surface area contributed by atoms with E-state index in [0.29, 0.717) is 24.2 Å². The quantitative estimate of drug-likeness (QED) is 0.584. The average molecular weight is 556 g/mol. The van der Waals surface area contributed by atoms with Gasteiger partial charge in [-0.2, -0.15) is 0 Å². The Morgan fingerprint density at radius 3 is 2.20 bits per heavy atom. The number of piperazine rings is 1. The Hall–Kier alpha value is -2.33. The molecule has 1 heterocycles. The minimum absolute atomic E-state index is 0.204. The highest BCUT2D eigenvalue weighted by atomic mass is 79.9. The summed E-state index contributed by atoms with van der Waals surface area (Å²) in [6.07, 6.45) is -0.917. The van der Waals surface area contributed by atoms with Gasteiger partial charge >= 0.3 is 12.2 Å². The molecule has 0 aromatic heterocycles. The first-order chi connectivity index (χ1) is 16.1. The fraction of sp³-hybridized carbons (Fsp3) is 0.640. The van der Waals surface area contributed by atoms with E-state index in [4.69, 9.17) is 9.47 Å². The summed E-state index contributed by atoms with van der Waals surface area (Å²) in [6, 6.07) is 4.74. The van der Waals surface area contributed by atoms with Gasteiger partial charge in [-0.3, -0.25) is 9.69 Å². The van der Waals surface area contributed by atoms with Crippen molar-refractivity contribution in [2.45, 2.75) is 58.8 Å². The van der Waals surface area contributed by atoms with E-state index in [0.717, 1.165) is 11.0 Å². The number of nitrogens with one attached hydrogen (secondary N) is 1. The summed E-state index contributed by atoms with van der Waals surface area (Å²) in [5, 5.41) is 2.91. The van der Waals surface area contributed by atoms with Crippen molar-refractivity contribution in [3.05, 3.63) is 33.8 Å². The van der Waals surface area contributed by atoms with Crippen LogP contribution in [-0.4, -0.2) is 90.8 Å². The maximum Gasteiger partial charge on any atom is 0.410 e. The van der Waals surface area contributed by atoms with Gasteiger partial charge in [0.2, 0.25) is 0 Å². The molecular formula is C25H39BrN4O5. The largest absolute Gasteiger partial charge is 0.444 e.